The van der Waals surface area contributed by atoms with Crippen LogP contribution in [0.3, 0.4) is 0 Å². The van der Waals surface area contributed by atoms with Crippen LogP contribution in [-0.2, 0) is 34.3 Å². The standard InChI is InChI=1S/C49H58ClN7O8S2/c1-48(2,3)64-41(59)13-9-7-8-12-39(55-47(61)65-49(4,5)6)44(60)53-23-22-40(58)63-27-26-62-36-20-16-32(17-21-36)42-37(28-51)43(57-24-10-11-25-57)56-46(38(42)29-52)67-31-35-30-66-45(54-35)33-14-18-34(50)19-15-33/h14-21,30,39H,7-13,22-27,31H2,1-6H3,(H,53,60)(H,55,61)/t39-/m0/s1. The second-order valence-corrected chi connectivity index (χ2v) is 20.0. The summed E-state index contributed by atoms with van der Waals surface area (Å²) >= 11 is 9.01. The van der Waals surface area contributed by atoms with Gasteiger partial charge in [-0.3, -0.25) is 14.4 Å². The molecule has 0 spiro atoms. The van der Waals surface area contributed by atoms with E-state index in [0.29, 0.717) is 75.3 Å². The van der Waals surface area contributed by atoms with Crippen molar-refractivity contribution in [2.24, 2.45) is 0 Å². The van der Waals surface area contributed by atoms with Gasteiger partial charge in [0.1, 0.15) is 69.8 Å². The second kappa shape index (κ2) is 24.8. The van der Waals surface area contributed by atoms with Gasteiger partial charge in [0.05, 0.1) is 17.7 Å². The SMILES string of the molecule is CC(C)(C)OC(=O)CCCCC[C@H](NC(=O)OC(C)(C)C)C(=O)NCCC(=O)OCCOc1ccc(-c2c(C#N)c(SCc3csc(-c4ccc(Cl)cc4)n3)nc(N3CCCC3)c2C#N)cc1. The first-order valence-electron chi connectivity index (χ1n) is 22.3. The maximum Gasteiger partial charge on any atom is 0.408 e. The number of anilines is 1. The number of aromatic nitrogens is 2. The monoisotopic (exact) mass is 971 g/mol. The lowest BCUT2D eigenvalue weighted by atomic mass is 9.96. The fourth-order valence-electron chi connectivity index (χ4n) is 6.97. The van der Waals surface area contributed by atoms with Crippen molar-refractivity contribution in [3.05, 3.63) is 75.8 Å². The second-order valence-electron chi connectivity index (χ2n) is 17.7. The van der Waals surface area contributed by atoms with E-state index in [1.54, 1.807) is 45.0 Å². The molecule has 2 aromatic heterocycles. The van der Waals surface area contributed by atoms with E-state index in [1.165, 1.54) is 23.1 Å². The molecule has 0 saturated carbocycles. The third-order valence-electron chi connectivity index (χ3n) is 9.96. The third kappa shape index (κ3) is 16.7. The van der Waals surface area contributed by atoms with E-state index in [-0.39, 0.29) is 38.6 Å². The number of benzene rings is 2. The number of nitrogens with one attached hydrogen (secondary N) is 2. The molecule has 0 aliphatic carbocycles. The number of esters is 2. The maximum absolute atomic E-state index is 13.1. The lowest BCUT2D eigenvalue weighted by Crippen LogP contribution is -2.48. The zero-order chi connectivity index (χ0) is 48.6. The Balaban J connectivity index is 1.14. The minimum atomic E-state index is -0.915. The molecule has 18 heteroatoms. The number of amides is 2. The number of carbonyl (C=O) groups is 4. The number of alkyl carbamates (subject to hydrolysis) is 1. The molecular formula is C49H58ClN7O8S2. The summed E-state index contributed by atoms with van der Waals surface area (Å²) in [5.41, 5.74) is 2.26. The summed E-state index contributed by atoms with van der Waals surface area (Å²) in [4.78, 5) is 62.1. The van der Waals surface area contributed by atoms with E-state index in [1.807, 2.05) is 50.4 Å². The highest BCUT2D eigenvalue weighted by molar-refractivity contribution is 7.98. The van der Waals surface area contributed by atoms with Crippen LogP contribution >= 0.6 is 34.7 Å². The van der Waals surface area contributed by atoms with Crippen molar-refractivity contribution in [2.45, 2.75) is 121 Å². The van der Waals surface area contributed by atoms with Crippen molar-refractivity contribution >= 4 is 64.5 Å². The molecule has 2 amide bonds. The smallest absolute Gasteiger partial charge is 0.408 e. The van der Waals surface area contributed by atoms with E-state index in [9.17, 15) is 29.7 Å². The average molecular weight is 973 g/mol. The van der Waals surface area contributed by atoms with Gasteiger partial charge in [-0.2, -0.15) is 10.5 Å². The Labute approximate surface area is 405 Å². The van der Waals surface area contributed by atoms with Crippen LogP contribution in [0.5, 0.6) is 5.75 Å². The fourth-order valence-corrected chi connectivity index (χ4v) is 8.91. The summed E-state index contributed by atoms with van der Waals surface area (Å²) in [6.07, 6.45) is 3.40. The Kier molecular flexibility index (Phi) is 19.3. The van der Waals surface area contributed by atoms with Gasteiger partial charge in [-0.05, 0) is 97.1 Å². The normalized spacial score (nSPS) is 12.9. The number of thioether (sulfide) groups is 1. The number of thiazole rings is 1. The summed E-state index contributed by atoms with van der Waals surface area (Å²) in [6.45, 7) is 12.1. The van der Waals surface area contributed by atoms with E-state index in [2.05, 4.69) is 27.7 Å². The highest BCUT2D eigenvalue weighted by atomic mass is 35.5. The number of hydrogen-bond donors (Lipinski definition) is 2. The van der Waals surface area contributed by atoms with Crippen LogP contribution in [0, 0.1) is 22.7 Å². The first-order chi connectivity index (χ1) is 31.9. The lowest BCUT2D eigenvalue weighted by Gasteiger charge is -2.23. The minimum absolute atomic E-state index is 0.0225. The summed E-state index contributed by atoms with van der Waals surface area (Å²) in [5.74, 6) is 0.190. The zero-order valence-electron chi connectivity index (χ0n) is 38.9. The Hall–Kier alpha value is -5.88. The molecule has 4 aromatic rings. The van der Waals surface area contributed by atoms with Crippen LogP contribution < -0.4 is 20.3 Å². The molecule has 67 heavy (non-hydrogen) atoms. The van der Waals surface area contributed by atoms with Crippen molar-refractivity contribution in [3.8, 4) is 39.6 Å². The van der Waals surface area contributed by atoms with E-state index in [0.717, 1.165) is 42.2 Å². The van der Waals surface area contributed by atoms with E-state index in [4.69, 9.17) is 40.5 Å². The number of pyridine rings is 1. The molecule has 1 aliphatic heterocycles. The number of nitriles is 2. The average Bonchev–Trinajstić information content (AvgIpc) is 3.99. The number of halogens is 1. The highest BCUT2D eigenvalue weighted by Crippen LogP contribution is 2.40. The van der Waals surface area contributed by atoms with Crippen molar-refractivity contribution in [1.29, 1.82) is 10.5 Å². The molecule has 0 unspecified atom stereocenters. The van der Waals surface area contributed by atoms with Gasteiger partial charge in [-0.25, -0.2) is 14.8 Å². The minimum Gasteiger partial charge on any atom is -0.490 e. The van der Waals surface area contributed by atoms with Crippen molar-refractivity contribution in [1.82, 2.24) is 20.6 Å². The molecule has 1 saturated heterocycles. The van der Waals surface area contributed by atoms with Crippen LogP contribution in [0.15, 0.2) is 58.9 Å². The number of carbonyl (C=O) groups excluding carboxylic acids is 4. The highest BCUT2D eigenvalue weighted by Gasteiger charge is 2.28. The number of ether oxygens (including phenoxy) is 4. The molecule has 0 radical (unpaired) electrons. The Morgan fingerprint density at radius 3 is 2.16 bits per heavy atom. The fraction of sp³-hybridized carbons (Fsp3) is 0.469. The molecule has 1 atom stereocenters. The van der Waals surface area contributed by atoms with Crippen LogP contribution in [-0.4, -0.2) is 84.0 Å². The first-order valence-corrected chi connectivity index (χ1v) is 24.5. The predicted molar refractivity (Wildman–Crippen MR) is 259 cm³/mol. The van der Waals surface area contributed by atoms with Gasteiger partial charge in [0.15, 0.2) is 0 Å². The first kappa shape index (κ1) is 52.1. The molecule has 2 aromatic carbocycles. The van der Waals surface area contributed by atoms with Gasteiger partial charge < -0.3 is 34.5 Å². The maximum atomic E-state index is 13.1. The molecule has 3 heterocycles. The lowest BCUT2D eigenvalue weighted by molar-refractivity contribution is -0.155. The molecule has 356 valence electrons. The van der Waals surface area contributed by atoms with Gasteiger partial charge in [-0.1, -0.05) is 60.5 Å². The van der Waals surface area contributed by atoms with Crippen LogP contribution in [0.4, 0.5) is 10.6 Å². The molecule has 1 fully saturated rings. The van der Waals surface area contributed by atoms with Gasteiger partial charge in [0.25, 0.3) is 0 Å². The number of nitrogens with zero attached hydrogens (tertiary/aromatic N) is 5. The molecule has 2 N–H and O–H groups in total. The predicted octanol–water partition coefficient (Wildman–Crippen LogP) is 9.78. The van der Waals surface area contributed by atoms with Crippen LogP contribution in [0.25, 0.3) is 21.7 Å². The van der Waals surface area contributed by atoms with Gasteiger partial charge in [-0.15, -0.1) is 11.3 Å². The van der Waals surface area contributed by atoms with E-state index < -0.39 is 35.2 Å². The Morgan fingerprint density at radius 1 is 0.836 bits per heavy atom. The van der Waals surface area contributed by atoms with E-state index >= 15 is 0 Å². The van der Waals surface area contributed by atoms with Crippen LogP contribution in [0.1, 0.15) is 110 Å². The zero-order valence-corrected chi connectivity index (χ0v) is 41.3. The van der Waals surface area contributed by atoms with Crippen LogP contribution in [0.2, 0.25) is 5.02 Å². The molecule has 1 aliphatic rings. The summed E-state index contributed by atoms with van der Waals surface area (Å²) in [7, 11) is 0. The Bertz CT molecular complexity index is 2410. The number of unbranched alkanes of at least 4 members (excludes halogenated alkanes) is 2. The van der Waals surface area contributed by atoms with Crippen molar-refractivity contribution < 1.29 is 38.1 Å². The summed E-state index contributed by atoms with van der Waals surface area (Å²) < 4.78 is 21.9. The molecule has 0 bridgehead atoms. The number of rotatable bonds is 21. The largest absolute Gasteiger partial charge is 0.490 e. The summed E-state index contributed by atoms with van der Waals surface area (Å²) in [5, 5.41) is 30.4. The van der Waals surface area contributed by atoms with Crippen molar-refractivity contribution in [2.75, 3.05) is 37.7 Å². The van der Waals surface area contributed by atoms with Gasteiger partial charge >= 0.3 is 18.0 Å². The molecule has 15 nitrogen and oxygen atoms in total. The summed E-state index contributed by atoms with van der Waals surface area (Å²) in [6, 6.07) is 18.3. The topological polar surface area (TPSA) is 206 Å². The van der Waals surface area contributed by atoms with Gasteiger partial charge in [0, 0.05) is 53.3 Å². The van der Waals surface area contributed by atoms with Gasteiger partial charge in [0.2, 0.25) is 5.91 Å². The quantitative estimate of drug-likeness (QED) is 0.0345. The number of hydrogen-bond acceptors (Lipinski definition) is 15. The molecule has 5 rings (SSSR count). The third-order valence-corrected chi connectivity index (χ3v) is 12.2. The molecular weight excluding hydrogens is 914 g/mol. The Morgan fingerprint density at radius 2 is 1.51 bits per heavy atom. The van der Waals surface area contributed by atoms with Crippen molar-refractivity contribution in [3.63, 3.8) is 0 Å².